The fraction of sp³-hybridized carbons (Fsp3) is 0.188. The summed E-state index contributed by atoms with van der Waals surface area (Å²) in [6.45, 7) is 0.409. The molecule has 0 fully saturated rings. The van der Waals surface area contributed by atoms with E-state index in [0.29, 0.717) is 28.8 Å². The van der Waals surface area contributed by atoms with Gasteiger partial charge in [-0.15, -0.1) is 0 Å². The lowest BCUT2D eigenvalue weighted by molar-refractivity contribution is 0.0953. The third kappa shape index (κ3) is 3.92. The topological polar surface area (TPSA) is 78.8 Å². The van der Waals surface area contributed by atoms with Crippen molar-refractivity contribution < 1.29 is 19.7 Å². The zero-order valence-electron chi connectivity index (χ0n) is 12.0. The summed E-state index contributed by atoms with van der Waals surface area (Å²) in [5, 5.41) is 21.5. The molecule has 0 aliphatic heterocycles. The number of amides is 1. The maximum Gasteiger partial charge on any atom is 0.252 e. The molecule has 0 aromatic heterocycles. The Morgan fingerprint density at radius 2 is 1.95 bits per heavy atom. The highest BCUT2D eigenvalue weighted by Gasteiger charge is 2.11. The number of ether oxygens (including phenoxy) is 1. The minimum absolute atomic E-state index is 0.159. The van der Waals surface area contributed by atoms with Gasteiger partial charge in [0, 0.05) is 11.0 Å². The normalized spacial score (nSPS) is 10.3. The molecule has 0 atom stereocenters. The predicted octanol–water partition coefficient (Wildman–Crippen LogP) is 2.84. The molecule has 0 aliphatic rings. The summed E-state index contributed by atoms with van der Waals surface area (Å²) >= 11 is 3.34. The van der Waals surface area contributed by atoms with Gasteiger partial charge in [-0.3, -0.25) is 4.79 Å². The second kappa shape index (κ2) is 7.17. The number of carbonyl (C=O) groups excluding carboxylic acids is 1. The molecule has 116 valence electrons. The van der Waals surface area contributed by atoms with Gasteiger partial charge in [0.1, 0.15) is 5.75 Å². The Bertz CT molecular complexity index is 688. The van der Waals surface area contributed by atoms with Crippen LogP contribution in [0, 0.1) is 0 Å². The molecule has 2 aromatic rings. The van der Waals surface area contributed by atoms with Crippen LogP contribution in [0.1, 0.15) is 15.9 Å². The first kappa shape index (κ1) is 16.2. The quantitative estimate of drug-likeness (QED) is 0.711. The van der Waals surface area contributed by atoms with E-state index >= 15 is 0 Å². The minimum Gasteiger partial charge on any atom is -0.504 e. The summed E-state index contributed by atoms with van der Waals surface area (Å²) in [7, 11) is 1.54. The van der Waals surface area contributed by atoms with Gasteiger partial charge in [0.25, 0.3) is 5.91 Å². The van der Waals surface area contributed by atoms with Crippen molar-refractivity contribution in [3.05, 3.63) is 52.0 Å². The zero-order valence-corrected chi connectivity index (χ0v) is 13.6. The van der Waals surface area contributed by atoms with Gasteiger partial charge in [0.05, 0.1) is 12.7 Å². The van der Waals surface area contributed by atoms with Crippen molar-refractivity contribution in [2.24, 2.45) is 0 Å². The highest BCUT2D eigenvalue weighted by atomic mass is 79.9. The fourth-order valence-electron chi connectivity index (χ4n) is 1.95. The highest BCUT2D eigenvalue weighted by molar-refractivity contribution is 9.10. The molecule has 0 saturated heterocycles. The van der Waals surface area contributed by atoms with Crippen LogP contribution < -0.4 is 10.1 Å². The van der Waals surface area contributed by atoms with Crippen LogP contribution >= 0.6 is 15.9 Å². The van der Waals surface area contributed by atoms with Gasteiger partial charge in [-0.05, 0) is 58.2 Å². The number of carbonyl (C=O) groups is 1. The molecule has 0 saturated carbocycles. The number of rotatable bonds is 5. The van der Waals surface area contributed by atoms with E-state index in [-0.39, 0.29) is 17.4 Å². The Morgan fingerprint density at radius 3 is 2.64 bits per heavy atom. The lowest BCUT2D eigenvalue weighted by Crippen LogP contribution is -2.26. The molecule has 22 heavy (non-hydrogen) atoms. The van der Waals surface area contributed by atoms with Crippen molar-refractivity contribution in [3.63, 3.8) is 0 Å². The third-order valence-corrected chi connectivity index (χ3v) is 3.85. The van der Waals surface area contributed by atoms with E-state index in [0.717, 1.165) is 5.56 Å². The molecule has 0 unspecified atom stereocenters. The summed E-state index contributed by atoms with van der Waals surface area (Å²) in [5.74, 6) is 0.0676. The van der Waals surface area contributed by atoms with Crippen molar-refractivity contribution in [2.75, 3.05) is 13.7 Å². The predicted molar refractivity (Wildman–Crippen MR) is 86.5 cm³/mol. The van der Waals surface area contributed by atoms with E-state index in [2.05, 4.69) is 21.2 Å². The molecule has 3 N–H and O–H groups in total. The third-order valence-electron chi connectivity index (χ3n) is 3.16. The van der Waals surface area contributed by atoms with Gasteiger partial charge in [0.15, 0.2) is 11.5 Å². The Kier molecular flexibility index (Phi) is 5.27. The molecule has 2 aromatic carbocycles. The van der Waals surface area contributed by atoms with Gasteiger partial charge in [-0.2, -0.15) is 0 Å². The number of nitrogens with one attached hydrogen (secondary N) is 1. The number of methoxy groups -OCH3 is 1. The second-order valence-corrected chi connectivity index (χ2v) is 5.53. The van der Waals surface area contributed by atoms with Crippen LogP contribution in [0.5, 0.6) is 17.2 Å². The Morgan fingerprint density at radius 1 is 1.18 bits per heavy atom. The minimum atomic E-state index is -0.214. The largest absolute Gasteiger partial charge is 0.504 e. The van der Waals surface area contributed by atoms with Gasteiger partial charge in [0.2, 0.25) is 0 Å². The van der Waals surface area contributed by atoms with Gasteiger partial charge in [-0.1, -0.05) is 6.07 Å². The maximum atomic E-state index is 12.2. The highest BCUT2D eigenvalue weighted by Crippen LogP contribution is 2.25. The van der Waals surface area contributed by atoms with Crippen LogP contribution in [0.2, 0.25) is 0 Å². The van der Waals surface area contributed by atoms with Crippen LogP contribution in [0.3, 0.4) is 0 Å². The number of phenols is 2. The number of phenolic OH excluding ortho intramolecular Hbond substituents is 2. The molecule has 6 heteroatoms. The van der Waals surface area contributed by atoms with Gasteiger partial charge < -0.3 is 20.3 Å². The van der Waals surface area contributed by atoms with E-state index < -0.39 is 0 Å². The average Bonchev–Trinajstić information content (AvgIpc) is 2.51. The van der Waals surface area contributed by atoms with E-state index in [9.17, 15) is 15.0 Å². The van der Waals surface area contributed by atoms with Crippen LogP contribution in [-0.4, -0.2) is 29.8 Å². The fourth-order valence-corrected chi connectivity index (χ4v) is 2.37. The summed E-state index contributed by atoms with van der Waals surface area (Å²) in [6.07, 6.45) is 0.543. The second-order valence-electron chi connectivity index (χ2n) is 4.67. The molecule has 0 bridgehead atoms. The molecular weight excluding hydrogens is 350 g/mol. The molecule has 0 radical (unpaired) electrons. The standard InChI is InChI=1S/C16H16BrNO4/c1-22-11-3-4-13(17)12(9-11)16(21)18-7-6-10-2-5-14(19)15(20)8-10/h2-5,8-9,19-20H,6-7H2,1H3,(H,18,21). The Hall–Kier alpha value is -2.21. The number of hydrogen-bond acceptors (Lipinski definition) is 4. The molecule has 0 heterocycles. The van der Waals surface area contributed by atoms with Crippen molar-refractivity contribution in [1.82, 2.24) is 5.32 Å². The summed E-state index contributed by atoms with van der Waals surface area (Å²) in [4.78, 5) is 12.2. The first-order chi connectivity index (χ1) is 10.5. The van der Waals surface area contributed by atoms with Crippen LogP contribution in [-0.2, 0) is 6.42 Å². The summed E-state index contributed by atoms with van der Waals surface area (Å²) < 4.78 is 5.79. The number of benzene rings is 2. The zero-order chi connectivity index (χ0) is 16.1. The smallest absolute Gasteiger partial charge is 0.252 e. The lowest BCUT2D eigenvalue weighted by Gasteiger charge is -2.09. The number of hydrogen-bond donors (Lipinski definition) is 3. The van der Waals surface area contributed by atoms with Gasteiger partial charge >= 0.3 is 0 Å². The average molecular weight is 366 g/mol. The first-order valence-electron chi connectivity index (χ1n) is 6.64. The van der Waals surface area contributed by atoms with E-state index in [1.807, 2.05) is 0 Å². The molecule has 0 spiro atoms. The van der Waals surface area contributed by atoms with E-state index in [1.54, 1.807) is 31.4 Å². The van der Waals surface area contributed by atoms with Crippen molar-refractivity contribution in [1.29, 1.82) is 0 Å². The van der Waals surface area contributed by atoms with Crippen molar-refractivity contribution >= 4 is 21.8 Å². The number of aromatic hydroxyl groups is 2. The van der Waals surface area contributed by atoms with E-state index in [1.165, 1.54) is 12.1 Å². The van der Waals surface area contributed by atoms with Gasteiger partial charge in [-0.25, -0.2) is 0 Å². The van der Waals surface area contributed by atoms with E-state index in [4.69, 9.17) is 4.74 Å². The Labute approximate surface area is 136 Å². The summed E-state index contributed by atoms with van der Waals surface area (Å²) in [5.41, 5.74) is 1.31. The SMILES string of the molecule is COc1ccc(Br)c(C(=O)NCCc2ccc(O)c(O)c2)c1. The monoisotopic (exact) mass is 365 g/mol. The van der Waals surface area contributed by atoms with Crippen LogP contribution in [0.4, 0.5) is 0 Å². The molecule has 0 aliphatic carbocycles. The van der Waals surface area contributed by atoms with Crippen LogP contribution in [0.25, 0.3) is 0 Å². The maximum absolute atomic E-state index is 12.2. The first-order valence-corrected chi connectivity index (χ1v) is 7.43. The Balaban J connectivity index is 1.96. The van der Waals surface area contributed by atoms with Crippen molar-refractivity contribution in [2.45, 2.75) is 6.42 Å². The summed E-state index contributed by atoms with van der Waals surface area (Å²) in [6, 6.07) is 9.77. The molecule has 2 rings (SSSR count). The molecule has 5 nitrogen and oxygen atoms in total. The van der Waals surface area contributed by atoms with Crippen LogP contribution in [0.15, 0.2) is 40.9 Å². The molecule has 1 amide bonds. The van der Waals surface area contributed by atoms with Crippen molar-refractivity contribution in [3.8, 4) is 17.2 Å². The lowest BCUT2D eigenvalue weighted by atomic mass is 10.1. The number of halogens is 1. The molecular formula is C16H16BrNO4.